The van der Waals surface area contributed by atoms with Gasteiger partial charge in [0, 0.05) is 33.6 Å². The first-order chi connectivity index (χ1) is 14.8. The molecule has 0 saturated carbocycles. The highest BCUT2D eigenvalue weighted by atomic mass is 35.5. The number of sulfonamides is 1. The number of carbonyl (C=O) groups excluding carboxylic acids is 1. The maximum absolute atomic E-state index is 13.0. The third kappa shape index (κ3) is 4.50. The molecular formula is C22H16ClN3O4S. The highest BCUT2D eigenvalue weighted by Gasteiger charge is 2.20. The van der Waals surface area contributed by atoms with E-state index in [1.165, 1.54) is 49.1 Å². The Morgan fingerprint density at radius 3 is 2.52 bits per heavy atom. The second-order valence-corrected chi connectivity index (χ2v) is 8.82. The predicted octanol–water partition coefficient (Wildman–Crippen LogP) is 4.73. The Bertz CT molecular complexity index is 1350. The summed E-state index contributed by atoms with van der Waals surface area (Å²) in [5, 5.41) is 0.313. The van der Waals surface area contributed by atoms with Crippen LogP contribution < -0.4 is 4.72 Å². The third-order valence-electron chi connectivity index (χ3n) is 4.51. The fraction of sp³-hybridized carbons (Fsp3) is 0.0455. The van der Waals surface area contributed by atoms with Gasteiger partial charge < -0.3 is 4.42 Å². The summed E-state index contributed by atoms with van der Waals surface area (Å²) in [5.74, 6) is 0.154. The summed E-state index contributed by atoms with van der Waals surface area (Å²) >= 11 is 6.08. The molecule has 0 aliphatic carbocycles. The van der Waals surface area contributed by atoms with Gasteiger partial charge in [0.25, 0.3) is 10.0 Å². The van der Waals surface area contributed by atoms with Crippen molar-refractivity contribution in [2.24, 2.45) is 0 Å². The molecule has 1 N–H and O–H groups in total. The van der Waals surface area contributed by atoms with Gasteiger partial charge in [-0.05, 0) is 61.5 Å². The molecule has 0 atom stereocenters. The van der Waals surface area contributed by atoms with Gasteiger partial charge in [0.2, 0.25) is 0 Å². The molecule has 2 aromatic carbocycles. The highest BCUT2D eigenvalue weighted by molar-refractivity contribution is 7.92. The minimum absolute atomic E-state index is 0.0314. The first-order valence-electron chi connectivity index (χ1n) is 9.12. The number of aryl methyl sites for hydroxylation is 1. The molecule has 0 spiro atoms. The van der Waals surface area contributed by atoms with Crippen LogP contribution in [-0.2, 0) is 10.0 Å². The number of anilines is 1. The SMILES string of the molecule is Cc1cc(C(=O)c2cc(Cl)ccc2NS(=O)(=O)c2ccc(-c3cnco3)cc2)ccn1. The number of halogens is 1. The van der Waals surface area contributed by atoms with Crippen molar-refractivity contribution in [3.05, 3.63) is 95.2 Å². The van der Waals surface area contributed by atoms with Crippen molar-refractivity contribution in [2.45, 2.75) is 11.8 Å². The Morgan fingerprint density at radius 2 is 1.84 bits per heavy atom. The second-order valence-electron chi connectivity index (χ2n) is 6.70. The van der Waals surface area contributed by atoms with Crippen LogP contribution in [0, 0.1) is 6.92 Å². The normalized spacial score (nSPS) is 11.3. The molecule has 2 heterocycles. The zero-order chi connectivity index (χ0) is 22.0. The molecule has 156 valence electrons. The average Bonchev–Trinajstić information content (AvgIpc) is 3.29. The number of benzene rings is 2. The van der Waals surface area contributed by atoms with Crippen LogP contribution in [0.25, 0.3) is 11.3 Å². The van der Waals surface area contributed by atoms with E-state index < -0.39 is 10.0 Å². The average molecular weight is 454 g/mol. The molecule has 4 aromatic rings. The lowest BCUT2D eigenvalue weighted by atomic mass is 10.0. The Balaban J connectivity index is 1.66. The lowest BCUT2D eigenvalue weighted by Gasteiger charge is -2.13. The Labute approximate surface area is 183 Å². The van der Waals surface area contributed by atoms with E-state index in [0.717, 1.165) is 0 Å². The number of hydrogen-bond acceptors (Lipinski definition) is 6. The zero-order valence-electron chi connectivity index (χ0n) is 16.2. The number of carbonyl (C=O) groups is 1. The smallest absolute Gasteiger partial charge is 0.261 e. The second kappa shape index (κ2) is 8.33. The highest BCUT2D eigenvalue weighted by Crippen LogP contribution is 2.27. The van der Waals surface area contributed by atoms with Gasteiger partial charge in [0.15, 0.2) is 17.9 Å². The van der Waals surface area contributed by atoms with E-state index in [1.807, 2.05) is 0 Å². The van der Waals surface area contributed by atoms with Gasteiger partial charge in [-0.15, -0.1) is 0 Å². The number of ketones is 1. The van der Waals surface area contributed by atoms with Crippen molar-refractivity contribution in [3.63, 3.8) is 0 Å². The summed E-state index contributed by atoms with van der Waals surface area (Å²) in [7, 11) is -3.96. The number of nitrogens with zero attached hydrogens (tertiary/aromatic N) is 2. The summed E-state index contributed by atoms with van der Waals surface area (Å²) in [4.78, 5) is 21.0. The van der Waals surface area contributed by atoms with Gasteiger partial charge in [-0.3, -0.25) is 14.5 Å². The van der Waals surface area contributed by atoms with Crippen LogP contribution >= 0.6 is 11.6 Å². The van der Waals surface area contributed by atoms with E-state index in [1.54, 1.807) is 31.2 Å². The molecule has 0 fully saturated rings. The van der Waals surface area contributed by atoms with Crippen molar-refractivity contribution >= 4 is 33.1 Å². The van der Waals surface area contributed by atoms with Gasteiger partial charge in [-0.2, -0.15) is 0 Å². The molecule has 7 nitrogen and oxygen atoms in total. The van der Waals surface area contributed by atoms with E-state index >= 15 is 0 Å². The fourth-order valence-corrected chi connectivity index (χ4v) is 4.25. The lowest BCUT2D eigenvalue weighted by Crippen LogP contribution is -2.16. The van der Waals surface area contributed by atoms with Crippen molar-refractivity contribution in [1.82, 2.24) is 9.97 Å². The number of oxazole rings is 1. The van der Waals surface area contributed by atoms with Crippen LogP contribution in [0.2, 0.25) is 5.02 Å². The van der Waals surface area contributed by atoms with Crippen LogP contribution in [0.4, 0.5) is 5.69 Å². The maximum Gasteiger partial charge on any atom is 0.261 e. The van der Waals surface area contributed by atoms with E-state index in [9.17, 15) is 13.2 Å². The quantitative estimate of drug-likeness (QED) is 0.423. The van der Waals surface area contributed by atoms with E-state index in [4.69, 9.17) is 16.0 Å². The van der Waals surface area contributed by atoms with Gasteiger partial charge in [0.1, 0.15) is 0 Å². The minimum Gasteiger partial charge on any atom is -0.444 e. The first kappa shape index (κ1) is 20.8. The molecule has 0 unspecified atom stereocenters. The number of aromatic nitrogens is 2. The molecule has 0 amide bonds. The standard InChI is InChI=1S/C22H16ClN3O4S/c1-14-10-16(8-9-25-14)22(27)19-11-17(23)4-7-20(19)26-31(28,29)18-5-2-15(3-6-18)21-12-24-13-30-21/h2-13,26H,1H3. The van der Waals surface area contributed by atoms with Crippen molar-refractivity contribution in [1.29, 1.82) is 0 Å². The molecule has 2 aromatic heterocycles. The molecule has 0 aliphatic heterocycles. The Hall–Kier alpha value is -3.49. The number of rotatable bonds is 6. The van der Waals surface area contributed by atoms with Gasteiger partial charge in [0.05, 0.1) is 16.8 Å². The molecule has 0 radical (unpaired) electrons. The van der Waals surface area contributed by atoms with Crippen molar-refractivity contribution in [2.75, 3.05) is 4.72 Å². The molecule has 4 rings (SSSR count). The topological polar surface area (TPSA) is 102 Å². The summed E-state index contributed by atoms with van der Waals surface area (Å²) in [5.41, 5.74) is 2.00. The van der Waals surface area contributed by atoms with Gasteiger partial charge in [-0.1, -0.05) is 11.6 Å². The van der Waals surface area contributed by atoms with Crippen LogP contribution in [0.15, 0.2) is 82.7 Å². The van der Waals surface area contributed by atoms with Crippen molar-refractivity contribution in [3.8, 4) is 11.3 Å². The number of pyridine rings is 1. The zero-order valence-corrected chi connectivity index (χ0v) is 17.8. The summed E-state index contributed by atoms with van der Waals surface area (Å²) in [6.07, 6.45) is 4.35. The van der Waals surface area contributed by atoms with Crippen molar-refractivity contribution < 1.29 is 17.6 Å². The molecule has 0 aliphatic rings. The van der Waals surface area contributed by atoms with E-state index in [2.05, 4.69) is 14.7 Å². The predicted molar refractivity (Wildman–Crippen MR) is 117 cm³/mol. The molecule has 0 bridgehead atoms. The largest absolute Gasteiger partial charge is 0.444 e. The van der Waals surface area contributed by atoms with E-state index in [-0.39, 0.29) is 21.9 Å². The monoisotopic (exact) mass is 453 g/mol. The summed E-state index contributed by atoms with van der Waals surface area (Å²) in [6, 6.07) is 13.7. The Kier molecular flexibility index (Phi) is 5.58. The molecule has 31 heavy (non-hydrogen) atoms. The van der Waals surface area contributed by atoms with Gasteiger partial charge >= 0.3 is 0 Å². The lowest BCUT2D eigenvalue weighted by molar-refractivity contribution is 0.103. The van der Waals surface area contributed by atoms with Crippen LogP contribution in [0.5, 0.6) is 0 Å². The third-order valence-corrected chi connectivity index (χ3v) is 6.13. The first-order valence-corrected chi connectivity index (χ1v) is 11.0. The van der Waals surface area contributed by atoms with Crippen LogP contribution in [0.3, 0.4) is 0 Å². The molecule has 9 heteroatoms. The Morgan fingerprint density at radius 1 is 1.06 bits per heavy atom. The van der Waals surface area contributed by atoms with Crippen LogP contribution in [0.1, 0.15) is 21.6 Å². The van der Waals surface area contributed by atoms with Gasteiger partial charge in [-0.25, -0.2) is 13.4 Å². The number of hydrogen-bond donors (Lipinski definition) is 1. The van der Waals surface area contributed by atoms with Crippen LogP contribution in [-0.4, -0.2) is 24.2 Å². The minimum atomic E-state index is -3.96. The summed E-state index contributed by atoms with van der Waals surface area (Å²) in [6.45, 7) is 1.76. The molecule has 0 saturated heterocycles. The number of nitrogens with one attached hydrogen (secondary N) is 1. The van der Waals surface area contributed by atoms with E-state index in [0.29, 0.717) is 27.6 Å². The fourth-order valence-electron chi connectivity index (χ4n) is 3.00. The summed E-state index contributed by atoms with van der Waals surface area (Å²) < 4.78 is 33.6. The molecular weight excluding hydrogens is 438 g/mol. The maximum atomic E-state index is 13.0.